The van der Waals surface area contributed by atoms with Gasteiger partial charge in [0.2, 0.25) is 0 Å². The molecule has 4 aromatic carbocycles. The quantitative estimate of drug-likeness (QED) is 0.302. The van der Waals surface area contributed by atoms with Gasteiger partial charge in [-0.2, -0.15) is 0 Å². The molecule has 0 aliphatic rings. The van der Waals surface area contributed by atoms with E-state index in [-0.39, 0.29) is 0 Å². The molecule has 0 spiro atoms. The summed E-state index contributed by atoms with van der Waals surface area (Å²) in [4.78, 5) is 10.4. The molecule has 6 nitrogen and oxygen atoms in total. The van der Waals surface area contributed by atoms with Crippen LogP contribution in [0.1, 0.15) is 0 Å². The highest BCUT2D eigenvalue weighted by Crippen LogP contribution is 2.38. The number of nitrogens with zero attached hydrogens (tertiary/aromatic N) is 4. The second-order valence-corrected chi connectivity index (χ2v) is 8.76. The maximum atomic E-state index is 5.52. The van der Waals surface area contributed by atoms with Crippen LogP contribution in [0.2, 0.25) is 0 Å². The third-order valence-electron chi connectivity index (χ3n) is 7.13. The lowest BCUT2D eigenvalue weighted by atomic mass is 10.1. The van der Waals surface area contributed by atoms with Crippen LogP contribution < -0.4 is 9.47 Å². The fraction of sp³-hybridized carbons (Fsp3) is 0.143. The molecule has 0 aliphatic heterocycles. The second-order valence-electron chi connectivity index (χ2n) is 8.76. The maximum absolute atomic E-state index is 5.52. The molecule has 34 heavy (non-hydrogen) atoms. The number of methoxy groups -OCH3 is 2. The van der Waals surface area contributed by atoms with Gasteiger partial charge in [-0.05, 0) is 60.7 Å². The molecule has 0 N–H and O–H groups in total. The molecule has 7 aromatic rings. The van der Waals surface area contributed by atoms with Crippen molar-refractivity contribution >= 4 is 65.7 Å². The van der Waals surface area contributed by atoms with Gasteiger partial charge in [-0.1, -0.05) is 0 Å². The molecule has 6 heteroatoms. The predicted octanol–water partition coefficient (Wildman–Crippen LogP) is 6.09. The number of hydrogen-bond donors (Lipinski definition) is 0. The standard InChI is InChI=1S/C28H22N4O2/c1-31-21-9-5-15(33-3)13-17(21)25-23(31)11-7-19-27(25)29-20-8-12-24-26(28(20)30-19)18-14-16(34-4)6-10-22(18)32(24)2/h5-14H,1-4H3. The largest absolute Gasteiger partial charge is 0.497 e. The van der Waals surface area contributed by atoms with E-state index < -0.39 is 0 Å². The monoisotopic (exact) mass is 446 g/mol. The van der Waals surface area contributed by atoms with Crippen LogP contribution in [0.25, 0.3) is 65.7 Å². The first-order valence-corrected chi connectivity index (χ1v) is 11.2. The van der Waals surface area contributed by atoms with Gasteiger partial charge in [0.05, 0.1) is 47.3 Å². The average Bonchev–Trinajstić information content (AvgIpc) is 3.33. The summed E-state index contributed by atoms with van der Waals surface area (Å²) in [5.74, 6) is 1.66. The van der Waals surface area contributed by atoms with Crippen LogP contribution in [0.4, 0.5) is 0 Å². The first-order valence-electron chi connectivity index (χ1n) is 11.2. The molecular weight excluding hydrogens is 424 g/mol. The summed E-state index contributed by atoms with van der Waals surface area (Å²) in [6.45, 7) is 0. The first-order chi connectivity index (χ1) is 16.6. The number of rotatable bonds is 2. The molecule has 3 heterocycles. The summed E-state index contributed by atoms with van der Waals surface area (Å²) in [7, 11) is 7.57. The minimum absolute atomic E-state index is 0.831. The molecule has 7 rings (SSSR count). The normalized spacial score (nSPS) is 12.1. The van der Waals surface area contributed by atoms with Gasteiger partial charge in [0, 0.05) is 46.7 Å². The Hall–Kier alpha value is -4.32. The Bertz CT molecular complexity index is 1820. The third-order valence-corrected chi connectivity index (χ3v) is 7.13. The summed E-state index contributed by atoms with van der Waals surface area (Å²) < 4.78 is 15.4. The molecule has 0 saturated heterocycles. The van der Waals surface area contributed by atoms with Crippen molar-refractivity contribution in [2.24, 2.45) is 14.1 Å². The lowest BCUT2D eigenvalue weighted by Gasteiger charge is -2.06. The van der Waals surface area contributed by atoms with Crippen molar-refractivity contribution in [3.05, 3.63) is 60.7 Å². The molecule has 0 radical (unpaired) electrons. The van der Waals surface area contributed by atoms with Crippen molar-refractivity contribution in [3.63, 3.8) is 0 Å². The predicted molar refractivity (Wildman–Crippen MR) is 138 cm³/mol. The second kappa shape index (κ2) is 6.60. The van der Waals surface area contributed by atoms with Gasteiger partial charge in [0.25, 0.3) is 0 Å². The van der Waals surface area contributed by atoms with Crippen LogP contribution in [0.3, 0.4) is 0 Å². The van der Waals surface area contributed by atoms with Gasteiger partial charge in [-0.15, -0.1) is 0 Å². The molecular formula is C28H22N4O2. The Morgan fingerprint density at radius 3 is 1.38 bits per heavy atom. The fourth-order valence-corrected chi connectivity index (χ4v) is 5.41. The highest BCUT2D eigenvalue weighted by atomic mass is 16.5. The van der Waals surface area contributed by atoms with E-state index >= 15 is 0 Å². The van der Waals surface area contributed by atoms with Gasteiger partial charge in [-0.3, -0.25) is 0 Å². The Morgan fingerprint density at radius 2 is 0.971 bits per heavy atom. The Labute approximate surface area is 194 Å². The Morgan fingerprint density at radius 1 is 0.559 bits per heavy atom. The SMILES string of the molecule is COc1ccc2c(c1)c1c3nc4ccc5c(c6cc(OC)ccc6n5C)c4nc3ccc1n2C. The topological polar surface area (TPSA) is 54.1 Å². The highest BCUT2D eigenvalue weighted by Gasteiger charge is 2.18. The van der Waals surface area contributed by atoms with Crippen LogP contribution in [-0.2, 0) is 14.1 Å². The van der Waals surface area contributed by atoms with Crippen LogP contribution in [-0.4, -0.2) is 33.3 Å². The van der Waals surface area contributed by atoms with Crippen LogP contribution in [0, 0.1) is 0 Å². The molecule has 0 unspecified atom stereocenters. The summed E-state index contributed by atoms with van der Waals surface area (Å²) in [5.41, 5.74) is 8.09. The van der Waals surface area contributed by atoms with E-state index in [9.17, 15) is 0 Å². The molecule has 3 aromatic heterocycles. The van der Waals surface area contributed by atoms with E-state index in [0.717, 1.165) is 77.2 Å². The number of hydrogen-bond acceptors (Lipinski definition) is 4. The molecule has 0 bridgehead atoms. The number of aromatic nitrogens is 4. The van der Waals surface area contributed by atoms with E-state index in [1.54, 1.807) is 14.2 Å². The first kappa shape index (κ1) is 19.2. The van der Waals surface area contributed by atoms with Crippen LogP contribution in [0.5, 0.6) is 11.5 Å². The van der Waals surface area contributed by atoms with Crippen LogP contribution in [0.15, 0.2) is 60.7 Å². The van der Waals surface area contributed by atoms with E-state index in [0.29, 0.717) is 0 Å². The van der Waals surface area contributed by atoms with Crippen molar-refractivity contribution in [2.45, 2.75) is 0 Å². The molecule has 166 valence electrons. The molecule has 0 amide bonds. The van der Waals surface area contributed by atoms with Gasteiger partial charge >= 0.3 is 0 Å². The number of aryl methyl sites for hydroxylation is 2. The minimum atomic E-state index is 0.831. The average molecular weight is 447 g/mol. The van der Waals surface area contributed by atoms with Gasteiger partial charge in [0.15, 0.2) is 0 Å². The van der Waals surface area contributed by atoms with Crippen molar-refractivity contribution in [2.75, 3.05) is 14.2 Å². The van der Waals surface area contributed by atoms with Crippen molar-refractivity contribution in [1.82, 2.24) is 19.1 Å². The molecule has 0 fully saturated rings. The van der Waals surface area contributed by atoms with E-state index in [1.165, 1.54) is 0 Å². The zero-order chi connectivity index (χ0) is 23.1. The van der Waals surface area contributed by atoms with Crippen LogP contribution >= 0.6 is 0 Å². The Kier molecular flexibility index (Phi) is 3.73. The van der Waals surface area contributed by atoms with E-state index in [4.69, 9.17) is 19.4 Å². The van der Waals surface area contributed by atoms with Gasteiger partial charge < -0.3 is 18.6 Å². The molecule has 0 atom stereocenters. The van der Waals surface area contributed by atoms with Gasteiger partial charge in [-0.25, -0.2) is 9.97 Å². The smallest absolute Gasteiger partial charge is 0.119 e. The van der Waals surface area contributed by atoms with Crippen molar-refractivity contribution in [1.29, 1.82) is 0 Å². The summed E-state index contributed by atoms with van der Waals surface area (Å²) in [5, 5.41) is 4.44. The lowest BCUT2D eigenvalue weighted by Crippen LogP contribution is -1.91. The number of fused-ring (bicyclic) bond motifs is 10. The lowest BCUT2D eigenvalue weighted by molar-refractivity contribution is 0.415. The number of benzene rings is 4. The number of ether oxygens (including phenoxy) is 2. The van der Waals surface area contributed by atoms with Gasteiger partial charge in [0.1, 0.15) is 11.5 Å². The highest BCUT2D eigenvalue weighted by molar-refractivity contribution is 6.23. The minimum Gasteiger partial charge on any atom is -0.497 e. The van der Waals surface area contributed by atoms with Crippen molar-refractivity contribution in [3.8, 4) is 11.5 Å². The maximum Gasteiger partial charge on any atom is 0.119 e. The summed E-state index contributed by atoms with van der Waals surface area (Å²) in [6.07, 6.45) is 0. The molecule has 0 saturated carbocycles. The summed E-state index contributed by atoms with van der Waals surface area (Å²) in [6, 6.07) is 20.8. The zero-order valence-electron chi connectivity index (χ0n) is 19.4. The third kappa shape index (κ3) is 2.34. The fourth-order valence-electron chi connectivity index (χ4n) is 5.41. The van der Waals surface area contributed by atoms with E-state index in [1.807, 2.05) is 12.1 Å². The zero-order valence-corrected chi connectivity index (χ0v) is 19.4. The van der Waals surface area contributed by atoms with E-state index in [2.05, 4.69) is 71.8 Å². The summed E-state index contributed by atoms with van der Waals surface area (Å²) >= 11 is 0. The molecule has 0 aliphatic carbocycles. The van der Waals surface area contributed by atoms with Crippen molar-refractivity contribution < 1.29 is 9.47 Å². The Balaban J connectivity index is 1.66.